The first kappa shape index (κ1) is 12.2. The summed E-state index contributed by atoms with van der Waals surface area (Å²) in [6, 6.07) is 7.01. The summed E-state index contributed by atoms with van der Waals surface area (Å²) >= 11 is 0. The van der Waals surface area contributed by atoms with Gasteiger partial charge < -0.3 is 10.6 Å². The van der Waals surface area contributed by atoms with Gasteiger partial charge in [0.1, 0.15) is 0 Å². The topological polar surface area (TPSA) is 64.9 Å². The fourth-order valence-electron chi connectivity index (χ4n) is 1.20. The number of nitrogens with one attached hydrogen (secondary N) is 2. The number of hydrogen-bond acceptors (Lipinski definition) is 3. The van der Waals surface area contributed by atoms with Crippen molar-refractivity contribution in [2.75, 3.05) is 12.4 Å². The maximum Gasteiger partial charge on any atom is 0.241 e. The number of amides is 1. The Bertz CT molecular complexity index is 434. The van der Waals surface area contributed by atoms with Crippen molar-refractivity contribution in [3.05, 3.63) is 29.3 Å². The van der Waals surface area contributed by atoms with E-state index in [1.807, 2.05) is 19.1 Å². The molecule has 0 aromatic heterocycles. The van der Waals surface area contributed by atoms with Gasteiger partial charge in [-0.3, -0.25) is 4.79 Å². The van der Waals surface area contributed by atoms with Crippen LogP contribution in [0, 0.1) is 18.3 Å². The molecular weight excluding hydrogens is 202 g/mol. The first-order valence-electron chi connectivity index (χ1n) is 5.07. The summed E-state index contributed by atoms with van der Waals surface area (Å²) < 4.78 is 0. The van der Waals surface area contributed by atoms with Gasteiger partial charge in [-0.2, -0.15) is 5.26 Å². The van der Waals surface area contributed by atoms with Crippen LogP contribution in [0.4, 0.5) is 5.69 Å². The third kappa shape index (κ3) is 2.81. The largest absolute Gasteiger partial charge is 0.324 e. The molecule has 1 aromatic carbocycles. The Morgan fingerprint density at radius 1 is 1.50 bits per heavy atom. The number of anilines is 1. The van der Waals surface area contributed by atoms with E-state index < -0.39 is 0 Å². The van der Waals surface area contributed by atoms with Gasteiger partial charge in [0.05, 0.1) is 17.7 Å². The van der Waals surface area contributed by atoms with E-state index in [0.29, 0.717) is 11.3 Å². The Hall–Kier alpha value is -1.86. The van der Waals surface area contributed by atoms with E-state index in [9.17, 15) is 4.79 Å². The lowest BCUT2D eigenvalue weighted by molar-refractivity contribution is -0.117. The smallest absolute Gasteiger partial charge is 0.241 e. The van der Waals surface area contributed by atoms with Gasteiger partial charge in [0.25, 0.3) is 0 Å². The highest BCUT2D eigenvalue weighted by Gasteiger charge is 2.11. The average molecular weight is 217 g/mol. The molecule has 1 amide bonds. The van der Waals surface area contributed by atoms with Crippen molar-refractivity contribution in [1.82, 2.24) is 5.32 Å². The molecule has 1 aromatic rings. The number of hydrogen-bond donors (Lipinski definition) is 2. The van der Waals surface area contributed by atoms with Gasteiger partial charge in [-0.15, -0.1) is 0 Å². The standard InChI is InChI=1S/C12H15N3O/c1-8-4-5-10(7-13)6-11(8)15-12(16)9(2)14-3/h4-6,9,14H,1-3H3,(H,15,16). The van der Waals surface area contributed by atoms with Crippen LogP contribution in [0.25, 0.3) is 0 Å². The zero-order valence-corrected chi connectivity index (χ0v) is 9.66. The minimum Gasteiger partial charge on any atom is -0.324 e. The molecule has 0 aliphatic rings. The minimum atomic E-state index is -0.259. The number of nitriles is 1. The van der Waals surface area contributed by atoms with Crippen molar-refractivity contribution in [2.24, 2.45) is 0 Å². The summed E-state index contributed by atoms with van der Waals surface area (Å²) in [7, 11) is 1.73. The molecule has 0 radical (unpaired) electrons. The second kappa shape index (κ2) is 5.29. The van der Waals surface area contributed by atoms with Gasteiger partial charge in [0.2, 0.25) is 5.91 Å². The molecule has 0 bridgehead atoms. The summed E-state index contributed by atoms with van der Waals surface area (Å²) in [5, 5.41) is 14.4. The summed E-state index contributed by atoms with van der Waals surface area (Å²) in [5.41, 5.74) is 2.17. The summed E-state index contributed by atoms with van der Waals surface area (Å²) in [6.45, 7) is 3.67. The normalized spacial score (nSPS) is 11.6. The monoisotopic (exact) mass is 217 g/mol. The van der Waals surface area contributed by atoms with E-state index in [1.165, 1.54) is 0 Å². The van der Waals surface area contributed by atoms with Crippen LogP contribution in [-0.4, -0.2) is 19.0 Å². The van der Waals surface area contributed by atoms with Crippen molar-refractivity contribution in [3.8, 4) is 6.07 Å². The molecule has 0 saturated heterocycles. The molecule has 1 atom stereocenters. The second-order valence-electron chi connectivity index (χ2n) is 3.64. The molecule has 4 nitrogen and oxygen atoms in total. The number of nitrogens with zero attached hydrogens (tertiary/aromatic N) is 1. The molecule has 0 heterocycles. The highest BCUT2D eigenvalue weighted by molar-refractivity contribution is 5.95. The zero-order chi connectivity index (χ0) is 12.1. The number of aryl methyl sites for hydroxylation is 1. The minimum absolute atomic E-state index is 0.110. The first-order valence-corrected chi connectivity index (χ1v) is 5.07. The van der Waals surface area contributed by atoms with Crippen molar-refractivity contribution in [1.29, 1.82) is 5.26 Å². The molecule has 0 saturated carbocycles. The lowest BCUT2D eigenvalue weighted by Gasteiger charge is -2.12. The van der Waals surface area contributed by atoms with Crippen molar-refractivity contribution < 1.29 is 4.79 Å². The van der Waals surface area contributed by atoms with Crippen LogP contribution in [-0.2, 0) is 4.79 Å². The van der Waals surface area contributed by atoms with E-state index >= 15 is 0 Å². The molecule has 84 valence electrons. The average Bonchev–Trinajstić information content (AvgIpc) is 2.30. The fraction of sp³-hybridized carbons (Fsp3) is 0.333. The molecular formula is C12H15N3O. The molecule has 16 heavy (non-hydrogen) atoms. The Balaban J connectivity index is 2.89. The number of rotatable bonds is 3. The Labute approximate surface area is 95.3 Å². The third-order valence-corrected chi connectivity index (χ3v) is 2.45. The van der Waals surface area contributed by atoms with Crippen LogP contribution >= 0.6 is 0 Å². The number of likely N-dealkylation sites (N-methyl/N-ethyl adjacent to an activating group) is 1. The SMILES string of the molecule is CNC(C)C(=O)Nc1cc(C#N)ccc1C. The van der Waals surface area contributed by atoms with Crippen LogP contribution < -0.4 is 10.6 Å². The van der Waals surface area contributed by atoms with Crippen LogP contribution in [0.3, 0.4) is 0 Å². The molecule has 0 spiro atoms. The first-order chi connectivity index (χ1) is 7.58. The fourth-order valence-corrected chi connectivity index (χ4v) is 1.20. The zero-order valence-electron chi connectivity index (χ0n) is 9.66. The van der Waals surface area contributed by atoms with Gasteiger partial charge in [-0.1, -0.05) is 6.07 Å². The van der Waals surface area contributed by atoms with Crippen LogP contribution in [0.1, 0.15) is 18.1 Å². The van der Waals surface area contributed by atoms with Crippen molar-refractivity contribution in [3.63, 3.8) is 0 Å². The van der Waals surface area contributed by atoms with Crippen molar-refractivity contribution in [2.45, 2.75) is 19.9 Å². The summed E-state index contributed by atoms with van der Waals surface area (Å²) in [5.74, 6) is -0.110. The summed E-state index contributed by atoms with van der Waals surface area (Å²) in [6.07, 6.45) is 0. The van der Waals surface area contributed by atoms with E-state index in [4.69, 9.17) is 5.26 Å². The van der Waals surface area contributed by atoms with E-state index in [0.717, 1.165) is 5.56 Å². The third-order valence-electron chi connectivity index (χ3n) is 2.45. The molecule has 1 rings (SSSR count). The maximum atomic E-state index is 11.6. The van der Waals surface area contributed by atoms with E-state index in [1.54, 1.807) is 26.1 Å². The molecule has 0 fully saturated rings. The quantitative estimate of drug-likeness (QED) is 0.804. The highest BCUT2D eigenvalue weighted by atomic mass is 16.2. The number of benzene rings is 1. The molecule has 2 N–H and O–H groups in total. The highest BCUT2D eigenvalue weighted by Crippen LogP contribution is 2.16. The predicted octanol–water partition coefficient (Wildman–Crippen LogP) is 1.41. The maximum absolute atomic E-state index is 11.6. The van der Waals surface area contributed by atoms with Crippen molar-refractivity contribution >= 4 is 11.6 Å². The number of carbonyl (C=O) groups excluding carboxylic acids is 1. The molecule has 0 aliphatic heterocycles. The van der Waals surface area contributed by atoms with Crippen LogP contribution in [0.5, 0.6) is 0 Å². The lowest BCUT2D eigenvalue weighted by Crippen LogP contribution is -2.35. The van der Waals surface area contributed by atoms with E-state index in [-0.39, 0.29) is 11.9 Å². The summed E-state index contributed by atoms with van der Waals surface area (Å²) in [4.78, 5) is 11.6. The van der Waals surface area contributed by atoms with Gasteiger partial charge >= 0.3 is 0 Å². The molecule has 4 heteroatoms. The van der Waals surface area contributed by atoms with Gasteiger partial charge in [0, 0.05) is 5.69 Å². The molecule has 1 unspecified atom stereocenters. The predicted molar refractivity (Wildman–Crippen MR) is 63.0 cm³/mol. The Morgan fingerprint density at radius 3 is 2.75 bits per heavy atom. The Morgan fingerprint density at radius 2 is 2.19 bits per heavy atom. The number of carbonyl (C=O) groups is 1. The van der Waals surface area contributed by atoms with Gasteiger partial charge in [-0.25, -0.2) is 0 Å². The Kier molecular flexibility index (Phi) is 4.03. The lowest BCUT2D eigenvalue weighted by atomic mass is 10.1. The van der Waals surface area contributed by atoms with Gasteiger partial charge in [-0.05, 0) is 38.6 Å². The van der Waals surface area contributed by atoms with Crippen LogP contribution in [0.15, 0.2) is 18.2 Å². The van der Waals surface area contributed by atoms with Crippen LogP contribution in [0.2, 0.25) is 0 Å². The van der Waals surface area contributed by atoms with Gasteiger partial charge in [0.15, 0.2) is 0 Å². The molecule has 0 aliphatic carbocycles. The second-order valence-corrected chi connectivity index (χ2v) is 3.64. The van der Waals surface area contributed by atoms with E-state index in [2.05, 4.69) is 10.6 Å².